The Hall–Kier alpha value is -2.56. The molecule has 0 saturated carbocycles. The molecule has 2 aromatic carbocycles. The number of hydrogen-bond donors (Lipinski definition) is 0. The third-order valence-corrected chi connectivity index (χ3v) is 6.42. The van der Waals surface area contributed by atoms with Gasteiger partial charge < -0.3 is 9.64 Å². The van der Waals surface area contributed by atoms with Crippen LogP contribution in [0, 0.1) is 5.82 Å². The van der Waals surface area contributed by atoms with E-state index < -0.39 is 15.7 Å². The van der Waals surface area contributed by atoms with E-state index >= 15 is 0 Å². The van der Waals surface area contributed by atoms with Gasteiger partial charge >= 0.3 is 0 Å². The zero-order valence-corrected chi connectivity index (χ0v) is 18.5. The van der Waals surface area contributed by atoms with E-state index in [1.807, 2.05) is 19.0 Å². The van der Waals surface area contributed by atoms with Gasteiger partial charge in [0.1, 0.15) is 0 Å². The summed E-state index contributed by atoms with van der Waals surface area (Å²) >= 11 is 1.22. The SMILES string of the molecule is CN(C)CCN(C(=O)COc1ccccc1F)c1nc2ccc(S(C)(=O)=O)cc2s1. The van der Waals surface area contributed by atoms with E-state index in [9.17, 15) is 17.6 Å². The molecule has 1 heterocycles. The maximum Gasteiger partial charge on any atom is 0.266 e. The van der Waals surface area contributed by atoms with Crippen LogP contribution in [-0.2, 0) is 14.6 Å². The number of nitrogens with zero attached hydrogens (tertiary/aromatic N) is 3. The van der Waals surface area contributed by atoms with Crippen LogP contribution in [0.2, 0.25) is 0 Å². The number of carbonyl (C=O) groups excluding carboxylic acids is 1. The lowest BCUT2D eigenvalue weighted by molar-refractivity contribution is -0.120. The quantitative estimate of drug-likeness (QED) is 0.524. The zero-order chi connectivity index (χ0) is 21.9. The average Bonchev–Trinajstić information content (AvgIpc) is 3.09. The minimum atomic E-state index is -3.35. The normalized spacial score (nSPS) is 11.8. The number of amides is 1. The molecule has 0 aliphatic carbocycles. The van der Waals surface area contributed by atoms with Gasteiger partial charge in [-0.1, -0.05) is 23.5 Å². The number of ether oxygens (including phenoxy) is 1. The molecule has 0 fully saturated rings. The number of halogens is 1. The average molecular weight is 452 g/mol. The van der Waals surface area contributed by atoms with Gasteiger partial charge in [-0.3, -0.25) is 9.69 Å². The van der Waals surface area contributed by atoms with Crippen molar-refractivity contribution in [3.05, 3.63) is 48.3 Å². The van der Waals surface area contributed by atoms with Crippen molar-refractivity contribution < 1.29 is 22.3 Å². The highest BCUT2D eigenvalue weighted by Crippen LogP contribution is 2.31. The van der Waals surface area contributed by atoms with Crippen LogP contribution in [0.1, 0.15) is 0 Å². The van der Waals surface area contributed by atoms with Crippen LogP contribution in [-0.4, -0.2) is 64.3 Å². The van der Waals surface area contributed by atoms with Crippen LogP contribution < -0.4 is 9.64 Å². The number of rotatable bonds is 8. The topological polar surface area (TPSA) is 79.8 Å². The smallest absolute Gasteiger partial charge is 0.266 e. The molecule has 30 heavy (non-hydrogen) atoms. The molecule has 0 aliphatic rings. The first-order valence-electron chi connectivity index (χ1n) is 9.08. The molecule has 0 N–H and O–H groups in total. The Morgan fingerprint density at radius 2 is 1.90 bits per heavy atom. The summed E-state index contributed by atoms with van der Waals surface area (Å²) in [6.07, 6.45) is 1.14. The third-order valence-electron chi connectivity index (χ3n) is 4.27. The summed E-state index contributed by atoms with van der Waals surface area (Å²) in [4.78, 5) is 21.0. The first-order valence-corrected chi connectivity index (χ1v) is 11.8. The van der Waals surface area contributed by atoms with E-state index in [0.717, 1.165) is 6.26 Å². The molecule has 0 spiro atoms. The fourth-order valence-electron chi connectivity index (χ4n) is 2.65. The number of para-hydroxylation sites is 1. The summed E-state index contributed by atoms with van der Waals surface area (Å²) in [6.45, 7) is 0.583. The summed E-state index contributed by atoms with van der Waals surface area (Å²) in [5.74, 6) is -0.915. The lowest BCUT2D eigenvalue weighted by Gasteiger charge is -2.22. The monoisotopic (exact) mass is 451 g/mol. The number of thiazole rings is 1. The molecule has 0 unspecified atom stereocenters. The molecular formula is C20H22FN3O4S2. The molecule has 0 atom stereocenters. The standard InChI is InChI=1S/C20H22FN3O4S2/c1-23(2)10-11-24(19(25)13-28-17-7-5-4-6-15(17)21)20-22-16-9-8-14(30(3,26)27)12-18(16)29-20/h4-9,12H,10-11,13H2,1-3H3. The Morgan fingerprint density at radius 1 is 1.17 bits per heavy atom. The first-order chi connectivity index (χ1) is 14.1. The van der Waals surface area contributed by atoms with Gasteiger partial charge in [-0.2, -0.15) is 0 Å². The van der Waals surface area contributed by atoms with Crippen LogP contribution in [0.4, 0.5) is 9.52 Å². The van der Waals surface area contributed by atoms with Gasteiger partial charge in [-0.25, -0.2) is 17.8 Å². The summed E-state index contributed by atoms with van der Waals surface area (Å²) in [5, 5.41) is 0.430. The highest BCUT2D eigenvalue weighted by Gasteiger charge is 2.21. The maximum atomic E-state index is 13.8. The van der Waals surface area contributed by atoms with Crippen LogP contribution in [0.25, 0.3) is 10.2 Å². The molecular weight excluding hydrogens is 429 g/mol. The lowest BCUT2D eigenvalue weighted by Crippen LogP contribution is -2.39. The number of hydrogen-bond acceptors (Lipinski definition) is 7. The second-order valence-electron chi connectivity index (χ2n) is 6.97. The van der Waals surface area contributed by atoms with Gasteiger partial charge in [0, 0.05) is 19.3 Å². The van der Waals surface area contributed by atoms with E-state index in [0.29, 0.717) is 28.4 Å². The van der Waals surface area contributed by atoms with Crippen LogP contribution in [0.5, 0.6) is 5.75 Å². The molecule has 3 aromatic rings. The number of fused-ring (bicyclic) bond motifs is 1. The highest BCUT2D eigenvalue weighted by molar-refractivity contribution is 7.90. The number of anilines is 1. The fourth-order valence-corrected chi connectivity index (χ4v) is 4.41. The number of benzene rings is 2. The van der Waals surface area contributed by atoms with E-state index in [1.54, 1.807) is 24.3 Å². The second kappa shape index (κ2) is 9.07. The van der Waals surface area contributed by atoms with Crippen LogP contribution in [0.3, 0.4) is 0 Å². The molecule has 1 aromatic heterocycles. The summed E-state index contributed by atoms with van der Waals surface area (Å²) < 4.78 is 43.4. The molecule has 0 bridgehead atoms. The van der Waals surface area contributed by atoms with Crippen LogP contribution >= 0.6 is 11.3 Å². The van der Waals surface area contributed by atoms with E-state index in [-0.39, 0.29) is 23.2 Å². The summed E-state index contributed by atoms with van der Waals surface area (Å²) in [6, 6.07) is 10.5. The van der Waals surface area contributed by atoms with Crippen molar-refractivity contribution in [1.82, 2.24) is 9.88 Å². The van der Waals surface area contributed by atoms with E-state index in [4.69, 9.17) is 4.74 Å². The zero-order valence-electron chi connectivity index (χ0n) is 16.8. The molecule has 10 heteroatoms. The number of carbonyl (C=O) groups is 1. The summed E-state index contributed by atoms with van der Waals surface area (Å²) in [7, 11) is 0.418. The van der Waals surface area contributed by atoms with Gasteiger partial charge in [0.15, 0.2) is 33.1 Å². The number of likely N-dealkylation sites (N-methyl/N-ethyl adjacent to an activating group) is 1. The third kappa shape index (κ3) is 5.32. The van der Waals surface area contributed by atoms with Crippen molar-refractivity contribution >= 4 is 42.4 Å². The van der Waals surface area contributed by atoms with Crippen molar-refractivity contribution in [2.75, 3.05) is 44.9 Å². The Kier molecular flexibility index (Phi) is 6.69. The van der Waals surface area contributed by atoms with Crippen molar-refractivity contribution in [2.45, 2.75) is 4.90 Å². The molecule has 3 rings (SSSR count). The second-order valence-corrected chi connectivity index (χ2v) is 9.99. The van der Waals surface area contributed by atoms with Gasteiger partial charge in [0.05, 0.1) is 15.1 Å². The first kappa shape index (κ1) is 22.1. The van der Waals surface area contributed by atoms with E-state index in [1.165, 1.54) is 34.4 Å². The van der Waals surface area contributed by atoms with Crippen molar-refractivity contribution in [1.29, 1.82) is 0 Å². The molecule has 160 valence electrons. The molecule has 0 aliphatic heterocycles. The molecule has 1 amide bonds. The molecule has 0 saturated heterocycles. The predicted molar refractivity (Wildman–Crippen MR) is 116 cm³/mol. The van der Waals surface area contributed by atoms with E-state index in [2.05, 4.69) is 4.98 Å². The molecule has 0 radical (unpaired) electrons. The Labute approximate surface area is 178 Å². The minimum absolute atomic E-state index is 0.000466. The summed E-state index contributed by atoms with van der Waals surface area (Å²) in [5.41, 5.74) is 0.597. The number of aromatic nitrogens is 1. The fraction of sp³-hybridized carbons (Fsp3) is 0.300. The maximum absolute atomic E-state index is 13.8. The van der Waals surface area contributed by atoms with Crippen molar-refractivity contribution in [2.24, 2.45) is 0 Å². The Balaban J connectivity index is 1.87. The van der Waals surface area contributed by atoms with Gasteiger partial charge in [0.25, 0.3) is 5.91 Å². The van der Waals surface area contributed by atoms with Gasteiger partial charge in [-0.05, 0) is 44.4 Å². The largest absolute Gasteiger partial charge is 0.481 e. The van der Waals surface area contributed by atoms with Gasteiger partial charge in [-0.15, -0.1) is 0 Å². The Morgan fingerprint density at radius 3 is 2.57 bits per heavy atom. The highest BCUT2D eigenvalue weighted by atomic mass is 32.2. The van der Waals surface area contributed by atoms with Gasteiger partial charge in [0.2, 0.25) is 0 Å². The predicted octanol–water partition coefficient (Wildman–Crippen LogP) is 2.81. The van der Waals surface area contributed by atoms with Crippen LogP contribution in [0.15, 0.2) is 47.4 Å². The number of sulfone groups is 1. The lowest BCUT2D eigenvalue weighted by atomic mass is 10.3. The van der Waals surface area contributed by atoms with Crippen molar-refractivity contribution in [3.63, 3.8) is 0 Å². The molecule has 7 nitrogen and oxygen atoms in total. The Bertz CT molecular complexity index is 1160. The van der Waals surface area contributed by atoms with Crippen molar-refractivity contribution in [3.8, 4) is 5.75 Å². The minimum Gasteiger partial charge on any atom is -0.481 e.